The summed E-state index contributed by atoms with van der Waals surface area (Å²) in [4.78, 5) is 111. The van der Waals surface area contributed by atoms with Crippen LogP contribution in [0.3, 0.4) is 0 Å². The predicted octanol–water partition coefficient (Wildman–Crippen LogP) is 9.18. The predicted molar refractivity (Wildman–Crippen MR) is 436 cm³/mol. The summed E-state index contributed by atoms with van der Waals surface area (Å²) in [5.41, 5.74) is 15.5. The molecule has 6 unspecified atom stereocenters. The first-order chi connectivity index (χ1) is 52.6. The van der Waals surface area contributed by atoms with Crippen molar-refractivity contribution < 1.29 is 74.9 Å². The number of likely N-dealkylation sites (tertiary alicyclic amines) is 2. The Morgan fingerprint density at radius 1 is 0.570 bits per heavy atom. The van der Waals surface area contributed by atoms with Crippen LogP contribution < -0.4 is 47.9 Å². The lowest BCUT2D eigenvalue weighted by Crippen LogP contribution is -2.64. The zero-order valence-electron chi connectivity index (χ0n) is 66.9. The Labute approximate surface area is 679 Å². The second kappa shape index (κ2) is 37.1. The largest absolute Gasteiger partial charge is 0.489 e. The Bertz CT molecular complexity index is 4320. The first kappa shape index (κ1) is 91.5. The van der Waals surface area contributed by atoms with Crippen molar-refractivity contribution in [2.24, 2.45) is 79.4 Å². The van der Waals surface area contributed by atoms with E-state index in [0.29, 0.717) is 75.6 Å². The van der Waals surface area contributed by atoms with Crippen LogP contribution in [0, 0.1) is 57.2 Å². The van der Waals surface area contributed by atoms with Crippen LogP contribution in [0.25, 0.3) is 0 Å². The third kappa shape index (κ3) is 22.6. The van der Waals surface area contributed by atoms with Gasteiger partial charge in [-0.1, -0.05) is 214 Å². The molecule has 12 atom stereocenters. The number of hydrogen-bond donors (Lipinski definition) is 9. The summed E-state index contributed by atoms with van der Waals surface area (Å²) >= 11 is 0. The molecule has 2 saturated heterocycles. The first-order valence-electron chi connectivity index (χ1n) is 39.7. The van der Waals surface area contributed by atoms with Crippen molar-refractivity contribution in [1.82, 2.24) is 31.1 Å². The van der Waals surface area contributed by atoms with Gasteiger partial charge in [0.15, 0.2) is 31.9 Å². The highest BCUT2D eigenvalue weighted by molar-refractivity contribution is 7.91. The number of aliphatic hydroxyl groups is 2. The second-order valence-electron chi connectivity index (χ2n) is 36.1. The van der Waals surface area contributed by atoms with E-state index >= 15 is 0 Å². The highest BCUT2D eigenvalue weighted by atomic mass is 35.5. The molecule has 628 valence electrons. The molecule has 12 rings (SSSR count). The standard InChI is InChI=1S/C42H59N5O8S.C21H36N4O4.C21H23NO4S.CH4.ClH/c1-40(2,3)35(38(51)47-23-30-32(41(30,4)5)33(47)37(50)44-31(21-26-17-18-26)34(48)36(43)49)45-39(52)46-42(19-10-7-11-20-42)25-56(53,54)29-16-12-15-28(22-29)55-24-27-13-8-6-9-14-27;1-20(2,3)16(22)19(29)25-9-11-13(21(11,4)5)14(25)18(28)24-12(8-10-6-7-10)15(26)17(23)27;23-17-22-21(12-5-2-6-13-21)16-27(24,25)20-11-7-10-19(14-20)26-15-18-8-3-1-4-9-18;;/h6,8-9,12-16,22,26,30-35,48H,7,10-11,17-21,23-25H2,1-5H3,(H2,43,49)(H,44,50)(H2,45,46,52);10-16,26H,6-9,22H2,1-5H3,(H2,23,27)(H,24,28);1,3-4,7-11,14H,2,5-6,12-13,15-16H2;1H4;1H/t30?,31?,32-,33-,34?,35+;11?,12?,13-,14-,15?,16+;;;/m00.../s1. The lowest BCUT2D eigenvalue weighted by Gasteiger charge is -2.40. The Morgan fingerprint density at radius 3 is 1.36 bits per heavy atom. The van der Waals surface area contributed by atoms with E-state index in [9.17, 15) is 65.4 Å². The molecule has 0 spiro atoms. The van der Waals surface area contributed by atoms with Crippen LogP contribution >= 0.6 is 12.4 Å². The van der Waals surface area contributed by atoms with Crippen molar-refractivity contribution in [3.63, 3.8) is 0 Å². The first-order valence-corrected chi connectivity index (χ1v) is 43.0. The van der Waals surface area contributed by atoms with Crippen LogP contribution in [0.4, 0.5) is 4.79 Å². The van der Waals surface area contributed by atoms with Crippen molar-refractivity contribution in [1.29, 1.82) is 0 Å². The number of primary amides is 2. The SMILES string of the molecule is C.CC(C)(C)[C@H](N)C(=O)N1CC2[C@@H]([C@H]1C(=O)NC(CC1CC1)C(O)C(N)=O)C2(C)C.CC(C)(C)[C@H](NC(=O)NC1(CS(=O)(=O)c2cccc(OCc3ccccc3)c2)CCCCC1)C(=O)N1CC2[C@@H]([C@H]1C(=O)NC(CC1CC1)C(O)C(N)=O)C2(C)C.Cl.O=C=NC1(CS(=O)(=O)c2cccc(OCc3ccccc3)c2)CCCCC1. The number of ether oxygens (including phenoxy) is 2. The van der Waals surface area contributed by atoms with Crippen molar-refractivity contribution in [2.75, 3.05) is 24.6 Å². The summed E-state index contributed by atoms with van der Waals surface area (Å²) in [5, 5.41) is 32.5. The van der Waals surface area contributed by atoms with Gasteiger partial charge in [-0.2, -0.15) is 4.99 Å². The lowest BCUT2D eigenvalue weighted by molar-refractivity contribution is -0.144. The Morgan fingerprint density at radius 2 is 0.974 bits per heavy atom. The maximum absolute atomic E-state index is 14.6. The molecular weight excluding hydrogens is 1520 g/mol. The fraction of sp³-hybridized carbons (Fsp3) is 0.624. The molecule has 0 bridgehead atoms. The molecule has 8 aliphatic rings. The van der Waals surface area contributed by atoms with E-state index in [0.717, 1.165) is 75.3 Å². The fourth-order valence-corrected chi connectivity index (χ4v) is 20.9. The van der Waals surface area contributed by atoms with Crippen LogP contribution in [0.5, 0.6) is 11.5 Å². The number of amides is 8. The number of sulfone groups is 2. The van der Waals surface area contributed by atoms with Gasteiger partial charge in [0.2, 0.25) is 41.5 Å². The van der Waals surface area contributed by atoms with Crippen molar-refractivity contribution in [3.05, 3.63) is 120 Å². The van der Waals surface area contributed by atoms with Gasteiger partial charge in [-0.05, 0) is 143 Å². The number of rotatable bonds is 29. The monoisotopic (exact) mass is 1640 g/mol. The Balaban J connectivity index is 0.000000235. The van der Waals surface area contributed by atoms with E-state index in [-0.39, 0.29) is 100.0 Å². The van der Waals surface area contributed by atoms with Crippen LogP contribution in [0.1, 0.15) is 191 Å². The zero-order chi connectivity index (χ0) is 81.7. The second-order valence-corrected chi connectivity index (χ2v) is 40.1. The molecule has 4 aromatic rings. The molecular formula is C85H123ClN10O16S2. The molecule has 12 N–H and O–H groups in total. The molecule has 8 amide bonds. The molecule has 6 aliphatic carbocycles. The number of carbonyl (C=O) groups excluding carboxylic acids is 8. The van der Waals surface area contributed by atoms with Crippen molar-refractivity contribution in [3.8, 4) is 11.5 Å². The summed E-state index contributed by atoms with van der Waals surface area (Å²) in [6, 6.07) is 26.6. The van der Waals surface area contributed by atoms with E-state index in [4.69, 9.17) is 26.7 Å². The molecule has 4 aromatic carbocycles. The van der Waals surface area contributed by atoms with Gasteiger partial charge in [-0.25, -0.2) is 26.4 Å². The summed E-state index contributed by atoms with van der Waals surface area (Å²) in [7, 11) is -7.50. The van der Waals surface area contributed by atoms with Crippen LogP contribution in [0.2, 0.25) is 0 Å². The summed E-state index contributed by atoms with van der Waals surface area (Å²) in [5.74, 6) is -1.93. The minimum absolute atomic E-state index is 0. The van der Waals surface area contributed by atoms with Crippen LogP contribution in [-0.2, 0) is 66.5 Å². The number of nitrogens with one attached hydrogen (secondary N) is 4. The lowest BCUT2D eigenvalue weighted by atomic mass is 9.83. The number of aliphatic hydroxyl groups excluding tert-OH is 2. The third-order valence-electron chi connectivity index (χ3n) is 24.7. The summed E-state index contributed by atoms with van der Waals surface area (Å²) in [6.45, 7) is 21.0. The number of piperidine rings is 2. The van der Waals surface area contributed by atoms with Gasteiger partial charge in [0.25, 0.3) is 0 Å². The molecule has 6 saturated carbocycles. The molecule has 0 radical (unpaired) electrons. The normalized spacial score (nSPS) is 23.6. The van der Waals surface area contributed by atoms with E-state index in [1.165, 1.54) is 17.0 Å². The number of benzene rings is 4. The molecule has 2 heterocycles. The Hall–Kier alpha value is -7.98. The molecule has 2 aliphatic heterocycles. The van der Waals surface area contributed by atoms with E-state index in [1.54, 1.807) is 47.4 Å². The van der Waals surface area contributed by atoms with E-state index in [1.807, 2.05) is 102 Å². The van der Waals surface area contributed by atoms with Gasteiger partial charge in [-0.15, -0.1) is 12.4 Å². The maximum atomic E-state index is 14.6. The van der Waals surface area contributed by atoms with Gasteiger partial charge in [0, 0.05) is 13.1 Å². The van der Waals surface area contributed by atoms with Gasteiger partial charge in [0.1, 0.15) is 42.8 Å². The number of isocyanates is 1. The third-order valence-corrected chi connectivity index (χ3v) is 28.5. The smallest absolute Gasteiger partial charge is 0.315 e. The average Bonchev–Trinajstić information content (AvgIpc) is 1.53. The maximum Gasteiger partial charge on any atom is 0.315 e. The number of aliphatic imine (C=N–C) groups is 1. The fourth-order valence-electron chi connectivity index (χ4n) is 17.3. The molecule has 29 heteroatoms. The quantitative estimate of drug-likeness (QED) is 0.0181. The van der Waals surface area contributed by atoms with E-state index < -0.39 is 120 Å². The Kier molecular flexibility index (Phi) is 29.8. The topological polar surface area (TPSA) is 409 Å². The molecule has 26 nitrogen and oxygen atoms in total. The highest BCUT2D eigenvalue weighted by Crippen LogP contribution is 2.66. The van der Waals surface area contributed by atoms with Crippen LogP contribution in [-0.4, -0.2) is 169 Å². The van der Waals surface area contributed by atoms with Gasteiger partial charge < -0.3 is 68.0 Å². The highest BCUT2D eigenvalue weighted by Gasteiger charge is 2.71. The average molecular weight is 1640 g/mol. The summed E-state index contributed by atoms with van der Waals surface area (Å²) in [6.07, 6.45) is 10.7. The number of urea groups is 1. The zero-order valence-corrected chi connectivity index (χ0v) is 69.4. The molecule has 0 aromatic heterocycles. The number of fused-ring (bicyclic) bond motifs is 2. The number of hydrogen-bond acceptors (Lipinski definition) is 18. The number of nitrogens with two attached hydrogens (primary N) is 3. The number of nitrogens with zero attached hydrogens (tertiary/aromatic N) is 3. The van der Waals surface area contributed by atoms with Crippen molar-refractivity contribution >= 4 is 79.6 Å². The number of carbonyl (C=O) groups is 7. The van der Waals surface area contributed by atoms with Gasteiger partial charge in [-0.3, -0.25) is 28.8 Å². The van der Waals surface area contributed by atoms with Gasteiger partial charge >= 0.3 is 6.03 Å². The number of halogens is 1. The van der Waals surface area contributed by atoms with E-state index in [2.05, 4.69) is 54.0 Å². The molecule has 114 heavy (non-hydrogen) atoms. The molecule has 8 fully saturated rings. The van der Waals surface area contributed by atoms with Gasteiger partial charge in [0.05, 0.1) is 50.5 Å². The van der Waals surface area contributed by atoms with Crippen molar-refractivity contribution in [2.45, 2.75) is 262 Å². The van der Waals surface area contributed by atoms with Crippen LogP contribution in [0.15, 0.2) is 124 Å². The minimum Gasteiger partial charge on any atom is -0.489 e. The minimum atomic E-state index is -3.90. The summed E-state index contributed by atoms with van der Waals surface area (Å²) < 4.78 is 65.6.